The molecular weight excluding hydrogens is 698 g/mol. The van der Waals surface area contributed by atoms with Gasteiger partial charge in [-0.15, -0.1) is 0 Å². The van der Waals surface area contributed by atoms with Crippen molar-refractivity contribution in [3.8, 4) is 11.5 Å². The molecule has 1 unspecified atom stereocenters. The Labute approximate surface area is 321 Å². The van der Waals surface area contributed by atoms with Gasteiger partial charge in [0.2, 0.25) is 11.8 Å². The SMILES string of the molecule is O=C1CCCC(=O)N1.O=C1NCc2cc(N3CCN(CC4CCN(c5ccc(C6c7ccc(O)cc7OC[C@@H]6c6ccccc6)cc5F)CC4)CC3)ccc21. The Balaban J connectivity index is 0.000000477. The van der Waals surface area contributed by atoms with Crippen LogP contribution in [0.3, 0.4) is 0 Å². The van der Waals surface area contributed by atoms with Gasteiger partial charge in [-0.05, 0) is 78.3 Å². The number of carbonyl (C=O) groups is 3. The summed E-state index contributed by atoms with van der Waals surface area (Å²) in [5.74, 6) is 0.966. The molecule has 4 aromatic rings. The molecule has 3 fully saturated rings. The monoisotopic (exact) mass is 745 g/mol. The Morgan fingerprint density at radius 2 is 1.55 bits per heavy atom. The van der Waals surface area contributed by atoms with E-state index >= 15 is 4.39 Å². The number of hydrogen-bond donors (Lipinski definition) is 3. The molecule has 55 heavy (non-hydrogen) atoms. The van der Waals surface area contributed by atoms with Crippen molar-refractivity contribution in [3.63, 3.8) is 0 Å². The zero-order chi connectivity index (χ0) is 37.9. The van der Waals surface area contributed by atoms with Crippen molar-refractivity contribution in [2.75, 3.05) is 62.2 Å². The second kappa shape index (κ2) is 16.1. The van der Waals surface area contributed by atoms with Crippen LogP contribution in [0.25, 0.3) is 0 Å². The number of carbonyl (C=O) groups excluding carboxylic acids is 3. The number of nitrogens with zero attached hydrogens (tertiary/aromatic N) is 3. The van der Waals surface area contributed by atoms with E-state index in [4.69, 9.17) is 4.74 Å². The van der Waals surface area contributed by atoms with Crippen LogP contribution in [0.1, 0.15) is 76.6 Å². The second-order valence-electron chi connectivity index (χ2n) is 15.3. The van der Waals surface area contributed by atoms with E-state index in [1.807, 2.05) is 36.4 Å². The number of aromatic hydroxyl groups is 1. The van der Waals surface area contributed by atoms with Crippen LogP contribution in [0.2, 0.25) is 0 Å². The zero-order valence-electron chi connectivity index (χ0n) is 31.0. The van der Waals surface area contributed by atoms with E-state index in [2.05, 4.69) is 55.7 Å². The van der Waals surface area contributed by atoms with Crippen LogP contribution in [0.15, 0.2) is 84.9 Å². The molecule has 3 saturated heterocycles. The summed E-state index contributed by atoms with van der Waals surface area (Å²) in [6, 6.07) is 27.5. The molecule has 2 atom stereocenters. The van der Waals surface area contributed by atoms with Crippen LogP contribution in [0, 0.1) is 11.7 Å². The summed E-state index contributed by atoms with van der Waals surface area (Å²) in [6.07, 6.45) is 3.84. The Kier molecular flexibility index (Phi) is 10.7. The van der Waals surface area contributed by atoms with E-state index < -0.39 is 0 Å². The summed E-state index contributed by atoms with van der Waals surface area (Å²) in [7, 11) is 0. The van der Waals surface area contributed by atoms with E-state index in [0.29, 0.717) is 49.8 Å². The van der Waals surface area contributed by atoms with Crippen molar-refractivity contribution >= 4 is 29.1 Å². The highest BCUT2D eigenvalue weighted by molar-refractivity contribution is 5.99. The van der Waals surface area contributed by atoms with Gasteiger partial charge >= 0.3 is 0 Å². The lowest BCUT2D eigenvalue weighted by Gasteiger charge is -2.40. The van der Waals surface area contributed by atoms with Crippen LogP contribution in [-0.2, 0) is 16.1 Å². The van der Waals surface area contributed by atoms with Crippen molar-refractivity contribution in [2.24, 2.45) is 5.92 Å². The van der Waals surface area contributed by atoms with E-state index in [9.17, 15) is 19.5 Å². The van der Waals surface area contributed by atoms with E-state index in [1.165, 1.54) is 5.69 Å². The van der Waals surface area contributed by atoms with Crippen molar-refractivity contribution in [3.05, 3.63) is 119 Å². The number of imide groups is 1. The molecular formula is C44H48FN5O5. The molecule has 0 aromatic heterocycles. The molecule has 5 aliphatic rings. The van der Waals surface area contributed by atoms with Crippen LogP contribution in [0.4, 0.5) is 15.8 Å². The van der Waals surface area contributed by atoms with E-state index in [1.54, 1.807) is 18.2 Å². The van der Waals surface area contributed by atoms with Gasteiger partial charge in [0.25, 0.3) is 5.91 Å². The molecule has 3 amide bonds. The van der Waals surface area contributed by atoms with Crippen LogP contribution < -0.4 is 25.2 Å². The van der Waals surface area contributed by atoms with Crippen molar-refractivity contribution in [1.29, 1.82) is 0 Å². The average Bonchev–Trinajstić information content (AvgIpc) is 3.58. The van der Waals surface area contributed by atoms with Gasteiger partial charge in [-0.3, -0.25) is 24.6 Å². The first kappa shape index (κ1) is 36.6. The lowest BCUT2D eigenvalue weighted by Crippen LogP contribution is -2.49. The van der Waals surface area contributed by atoms with E-state index in [-0.39, 0.29) is 41.1 Å². The molecule has 9 rings (SSSR count). The predicted molar refractivity (Wildman–Crippen MR) is 209 cm³/mol. The van der Waals surface area contributed by atoms with Crippen molar-refractivity contribution in [2.45, 2.75) is 50.5 Å². The number of piperazine rings is 1. The van der Waals surface area contributed by atoms with Gasteiger partial charge in [0, 0.05) is 99.9 Å². The summed E-state index contributed by atoms with van der Waals surface area (Å²) < 4.78 is 22.1. The minimum Gasteiger partial charge on any atom is -0.508 e. The number of phenols is 1. The normalized spacial score (nSPS) is 21.4. The van der Waals surface area contributed by atoms with Crippen molar-refractivity contribution < 1.29 is 28.6 Å². The molecule has 0 aliphatic carbocycles. The molecule has 10 nitrogen and oxygen atoms in total. The van der Waals surface area contributed by atoms with Gasteiger partial charge in [-0.2, -0.15) is 0 Å². The van der Waals surface area contributed by atoms with Crippen LogP contribution >= 0.6 is 0 Å². The first-order chi connectivity index (χ1) is 26.8. The number of fused-ring (bicyclic) bond motifs is 2. The number of phenolic OH excluding ortho intramolecular Hbond substituents is 1. The highest BCUT2D eigenvalue weighted by atomic mass is 19.1. The minimum absolute atomic E-state index is 0.0304. The van der Waals surface area contributed by atoms with Crippen molar-refractivity contribution in [1.82, 2.24) is 15.5 Å². The average molecular weight is 746 g/mol. The number of piperidine rings is 2. The molecule has 0 spiro atoms. The zero-order valence-corrected chi connectivity index (χ0v) is 31.0. The summed E-state index contributed by atoms with van der Waals surface area (Å²) in [5, 5.41) is 15.2. The summed E-state index contributed by atoms with van der Waals surface area (Å²) >= 11 is 0. The fourth-order valence-corrected chi connectivity index (χ4v) is 8.79. The number of hydrogen-bond acceptors (Lipinski definition) is 8. The number of anilines is 2. The molecule has 0 saturated carbocycles. The van der Waals surface area contributed by atoms with Gasteiger partial charge in [0.15, 0.2) is 0 Å². The molecule has 5 heterocycles. The smallest absolute Gasteiger partial charge is 0.251 e. The molecule has 4 aromatic carbocycles. The van der Waals surface area contributed by atoms with Gasteiger partial charge < -0.3 is 25.0 Å². The fourth-order valence-electron chi connectivity index (χ4n) is 8.79. The maximum absolute atomic E-state index is 16.0. The maximum Gasteiger partial charge on any atom is 0.251 e. The minimum atomic E-state index is -0.178. The largest absolute Gasteiger partial charge is 0.508 e. The van der Waals surface area contributed by atoms with Crippen LogP contribution in [0.5, 0.6) is 11.5 Å². The Morgan fingerprint density at radius 1 is 0.782 bits per heavy atom. The van der Waals surface area contributed by atoms with Gasteiger partial charge in [0.05, 0.1) is 12.3 Å². The third-order valence-electron chi connectivity index (χ3n) is 11.8. The summed E-state index contributed by atoms with van der Waals surface area (Å²) in [6.45, 7) is 7.92. The second-order valence-corrected chi connectivity index (χ2v) is 15.3. The highest BCUT2D eigenvalue weighted by Gasteiger charge is 2.35. The maximum atomic E-state index is 16.0. The predicted octanol–water partition coefficient (Wildman–Crippen LogP) is 5.93. The Morgan fingerprint density at radius 3 is 2.25 bits per heavy atom. The topological polar surface area (TPSA) is 114 Å². The Bertz CT molecular complexity index is 2030. The molecule has 286 valence electrons. The number of rotatable bonds is 6. The lowest BCUT2D eigenvalue weighted by molar-refractivity contribution is -0.132. The van der Waals surface area contributed by atoms with E-state index in [0.717, 1.165) is 86.5 Å². The number of amides is 3. The number of ether oxygens (including phenoxy) is 1. The molecule has 0 radical (unpaired) electrons. The third-order valence-corrected chi connectivity index (χ3v) is 11.8. The lowest BCUT2D eigenvalue weighted by atomic mass is 9.76. The first-order valence-corrected chi connectivity index (χ1v) is 19.5. The summed E-state index contributed by atoms with van der Waals surface area (Å²) in [5.41, 5.74) is 6.84. The summed E-state index contributed by atoms with van der Waals surface area (Å²) in [4.78, 5) is 39.8. The van der Waals surface area contributed by atoms with Gasteiger partial charge in [-0.1, -0.05) is 42.5 Å². The fraction of sp³-hybridized carbons (Fsp3) is 0.386. The number of halogens is 1. The standard InChI is InChI=1S/C39H41FN4O3.C5H7NO2/c40-35-21-28(38-33-10-8-31(45)22-37(33)47-25-34(38)27-4-2-1-3-5-27)6-11-36(35)44-14-12-26(13-15-44)24-42-16-18-43(19-17-42)30-7-9-32-29(20-30)23-41-39(32)46;7-4-2-1-3-5(8)6-4/h1-11,20-22,26,34,38,45H,12-19,23-25H2,(H,41,46);1-3H2,(H,6,7,8)/t34-,38?;/m1./s1. The number of benzene rings is 4. The third kappa shape index (κ3) is 8.17. The molecule has 11 heteroatoms. The Hall–Kier alpha value is -5.42. The van der Waals surface area contributed by atoms with Gasteiger partial charge in [-0.25, -0.2) is 4.39 Å². The van der Waals surface area contributed by atoms with Crippen LogP contribution in [-0.4, -0.2) is 80.1 Å². The van der Waals surface area contributed by atoms with Gasteiger partial charge in [0.1, 0.15) is 17.3 Å². The molecule has 3 N–H and O–H groups in total. The molecule has 0 bridgehead atoms. The molecule has 5 aliphatic heterocycles. The highest BCUT2D eigenvalue weighted by Crippen LogP contribution is 2.47. The quantitative estimate of drug-likeness (QED) is 0.208. The first-order valence-electron chi connectivity index (χ1n) is 19.5. The number of nitrogens with one attached hydrogen (secondary N) is 2.